The molecule has 1 aliphatic heterocycles. The van der Waals surface area contributed by atoms with Gasteiger partial charge in [0.25, 0.3) is 0 Å². The summed E-state index contributed by atoms with van der Waals surface area (Å²) in [5.74, 6) is 0.681. The Labute approximate surface area is 124 Å². The first-order valence-corrected chi connectivity index (χ1v) is 7.39. The van der Waals surface area contributed by atoms with Crippen molar-refractivity contribution in [1.82, 2.24) is 15.5 Å². The SMILES string of the molecule is C/C=C/CCN=C(NCC)NC1CCN(CC(F)(F)F)C1. The highest BCUT2D eigenvalue weighted by Crippen LogP contribution is 2.19. The van der Waals surface area contributed by atoms with Crippen molar-refractivity contribution in [2.75, 3.05) is 32.7 Å². The van der Waals surface area contributed by atoms with Gasteiger partial charge in [0.2, 0.25) is 0 Å². The Morgan fingerprint density at radius 1 is 1.43 bits per heavy atom. The number of alkyl halides is 3. The minimum absolute atomic E-state index is 0.0202. The van der Waals surface area contributed by atoms with Gasteiger partial charge in [-0.3, -0.25) is 9.89 Å². The zero-order chi connectivity index (χ0) is 15.7. The van der Waals surface area contributed by atoms with E-state index in [4.69, 9.17) is 0 Å². The number of hydrogen-bond acceptors (Lipinski definition) is 2. The largest absolute Gasteiger partial charge is 0.401 e. The van der Waals surface area contributed by atoms with Crippen molar-refractivity contribution in [2.24, 2.45) is 4.99 Å². The second kappa shape index (κ2) is 8.92. The monoisotopic (exact) mass is 306 g/mol. The van der Waals surface area contributed by atoms with Crippen molar-refractivity contribution >= 4 is 5.96 Å². The van der Waals surface area contributed by atoms with Gasteiger partial charge in [0.05, 0.1) is 6.54 Å². The molecule has 0 spiro atoms. The lowest BCUT2D eigenvalue weighted by Crippen LogP contribution is -2.45. The van der Waals surface area contributed by atoms with Gasteiger partial charge in [-0.25, -0.2) is 0 Å². The summed E-state index contributed by atoms with van der Waals surface area (Å²) in [4.78, 5) is 5.85. The van der Waals surface area contributed by atoms with Gasteiger partial charge in [-0.2, -0.15) is 13.2 Å². The van der Waals surface area contributed by atoms with Gasteiger partial charge in [0.15, 0.2) is 5.96 Å². The van der Waals surface area contributed by atoms with E-state index in [0.717, 1.165) is 13.0 Å². The number of aliphatic imine (C=N–C) groups is 1. The standard InChI is InChI=1S/C14H25F3N4/c1-3-5-6-8-19-13(18-4-2)20-12-7-9-21(10-12)11-14(15,16)17/h3,5,12H,4,6-11H2,1-2H3,(H2,18,19,20)/b5-3+. The third kappa shape index (κ3) is 7.94. The maximum Gasteiger partial charge on any atom is 0.401 e. The van der Waals surface area contributed by atoms with E-state index in [-0.39, 0.29) is 6.04 Å². The first-order valence-electron chi connectivity index (χ1n) is 7.39. The molecular weight excluding hydrogens is 281 g/mol. The number of allylic oxidation sites excluding steroid dienone is 1. The average Bonchev–Trinajstić information content (AvgIpc) is 2.79. The Kier molecular flexibility index (Phi) is 7.56. The highest BCUT2D eigenvalue weighted by atomic mass is 19.4. The molecule has 21 heavy (non-hydrogen) atoms. The summed E-state index contributed by atoms with van der Waals surface area (Å²) < 4.78 is 37.1. The zero-order valence-corrected chi connectivity index (χ0v) is 12.7. The maximum atomic E-state index is 12.4. The molecule has 0 radical (unpaired) electrons. The van der Waals surface area contributed by atoms with E-state index in [1.807, 2.05) is 26.0 Å². The van der Waals surface area contributed by atoms with Gasteiger partial charge in [-0.05, 0) is 26.7 Å². The van der Waals surface area contributed by atoms with Gasteiger partial charge in [0, 0.05) is 32.2 Å². The molecule has 1 saturated heterocycles. The fourth-order valence-electron chi connectivity index (χ4n) is 2.28. The maximum absolute atomic E-state index is 12.4. The van der Waals surface area contributed by atoms with Crippen molar-refractivity contribution in [3.05, 3.63) is 12.2 Å². The van der Waals surface area contributed by atoms with Crippen molar-refractivity contribution in [3.63, 3.8) is 0 Å². The topological polar surface area (TPSA) is 39.7 Å². The predicted molar refractivity (Wildman–Crippen MR) is 79.4 cm³/mol. The molecule has 1 rings (SSSR count). The highest BCUT2D eigenvalue weighted by Gasteiger charge is 2.34. The summed E-state index contributed by atoms with van der Waals surface area (Å²) in [6.45, 7) is 5.36. The summed E-state index contributed by atoms with van der Waals surface area (Å²) in [5, 5.41) is 6.34. The Hall–Kier alpha value is -1.24. The van der Waals surface area contributed by atoms with Gasteiger partial charge in [0.1, 0.15) is 0 Å². The Morgan fingerprint density at radius 2 is 2.19 bits per heavy atom. The Bertz CT molecular complexity index is 353. The number of hydrogen-bond donors (Lipinski definition) is 2. The molecule has 0 saturated carbocycles. The van der Waals surface area contributed by atoms with E-state index in [2.05, 4.69) is 15.6 Å². The molecule has 1 atom stereocenters. The van der Waals surface area contributed by atoms with Gasteiger partial charge in [-0.15, -0.1) is 0 Å². The van der Waals surface area contributed by atoms with Crippen LogP contribution in [-0.2, 0) is 0 Å². The first-order chi connectivity index (χ1) is 9.94. The molecule has 1 heterocycles. The molecule has 0 aromatic carbocycles. The number of halogens is 3. The van der Waals surface area contributed by atoms with E-state index in [1.165, 1.54) is 4.90 Å². The van der Waals surface area contributed by atoms with Crippen LogP contribution in [0.15, 0.2) is 17.1 Å². The van der Waals surface area contributed by atoms with Crippen molar-refractivity contribution < 1.29 is 13.2 Å². The van der Waals surface area contributed by atoms with E-state index in [9.17, 15) is 13.2 Å². The average molecular weight is 306 g/mol. The molecule has 0 amide bonds. The second-order valence-corrected chi connectivity index (χ2v) is 5.10. The van der Waals surface area contributed by atoms with Gasteiger partial charge in [-0.1, -0.05) is 12.2 Å². The van der Waals surface area contributed by atoms with E-state index in [1.54, 1.807) is 0 Å². The molecule has 0 aromatic heterocycles. The molecule has 4 nitrogen and oxygen atoms in total. The number of nitrogens with one attached hydrogen (secondary N) is 2. The summed E-state index contributed by atoms with van der Waals surface area (Å²) in [5.41, 5.74) is 0. The number of likely N-dealkylation sites (tertiary alicyclic amines) is 1. The molecule has 0 aromatic rings. The normalized spacial score (nSPS) is 21.2. The second-order valence-electron chi connectivity index (χ2n) is 5.10. The molecule has 0 aliphatic carbocycles. The fraction of sp³-hybridized carbons (Fsp3) is 0.786. The van der Waals surface area contributed by atoms with Crippen LogP contribution < -0.4 is 10.6 Å². The van der Waals surface area contributed by atoms with Crippen LogP contribution in [0.5, 0.6) is 0 Å². The summed E-state index contributed by atoms with van der Waals surface area (Å²) >= 11 is 0. The van der Waals surface area contributed by atoms with E-state index in [0.29, 0.717) is 32.0 Å². The van der Waals surface area contributed by atoms with Crippen molar-refractivity contribution in [2.45, 2.75) is 38.9 Å². The van der Waals surface area contributed by atoms with E-state index >= 15 is 0 Å². The van der Waals surface area contributed by atoms with Crippen LogP contribution in [0.3, 0.4) is 0 Å². The molecule has 1 unspecified atom stereocenters. The third-order valence-corrected chi connectivity index (χ3v) is 3.16. The van der Waals surface area contributed by atoms with Crippen LogP contribution in [0.4, 0.5) is 13.2 Å². The molecule has 1 fully saturated rings. The smallest absolute Gasteiger partial charge is 0.357 e. The fourth-order valence-corrected chi connectivity index (χ4v) is 2.28. The molecule has 2 N–H and O–H groups in total. The minimum Gasteiger partial charge on any atom is -0.357 e. The third-order valence-electron chi connectivity index (χ3n) is 3.16. The van der Waals surface area contributed by atoms with Crippen molar-refractivity contribution in [3.8, 4) is 0 Å². The van der Waals surface area contributed by atoms with Crippen LogP contribution in [0.25, 0.3) is 0 Å². The molecule has 122 valence electrons. The minimum atomic E-state index is -4.13. The zero-order valence-electron chi connectivity index (χ0n) is 12.7. The van der Waals surface area contributed by atoms with Crippen LogP contribution >= 0.6 is 0 Å². The predicted octanol–water partition coefficient (Wildman–Crippen LogP) is 2.14. The highest BCUT2D eigenvalue weighted by molar-refractivity contribution is 5.80. The number of guanidine groups is 1. The lowest BCUT2D eigenvalue weighted by molar-refractivity contribution is -0.143. The lowest BCUT2D eigenvalue weighted by Gasteiger charge is -2.19. The Balaban J connectivity index is 2.41. The summed E-state index contributed by atoms with van der Waals surface area (Å²) in [6.07, 6.45) is 1.45. The van der Waals surface area contributed by atoms with Crippen LogP contribution in [-0.4, -0.2) is 55.8 Å². The van der Waals surface area contributed by atoms with E-state index < -0.39 is 12.7 Å². The molecule has 7 heteroatoms. The molecule has 1 aliphatic rings. The van der Waals surface area contributed by atoms with Gasteiger partial charge >= 0.3 is 6.18 Å². The van der Waals surface area contributed by atoms with Crippen LogP contribution in [0.2, 0.25) is 0 Å². The number of nitrogens with zero attached hydrogens (tertiary/aromatic N) is 2. The van der Waals surface area contributed by atoms with Crippen LogP contribution in [0, 0.1) is 0 Å². The summed E-state index contributed by atoms with van der Waals surface area (Å²) in [7, 11) is 0. The molecule has 0 bridgehead atoms. The first kappa shape index (κ1) is 17.8. The van der Waals surface area contributed by atoms with Gasteiger partial charge < -0.3 is 10.6 Å². The number of rotatable bonds is 6. The Morgan fingerprint density at radius 3 is 2.81 bits per heavy atom. The molecular formula is C14H25F3N4. The lowest BCUT2D eigenvalue weighted by atomic mass is 10.3. The van der Waals surface area contributed by atoms with Crippen molar-refractivity contribution in [1.29, 1.82) is 0 Å². The quantitative estimate of drug-likeness (QED) is 0.342. The summed E-state index contributed by atoms with van der Waals surface area (Å²) in [6, 6.07) is 0.0202. The van der Waals surface area contributed by atoms with Crippen LogP contribution in [0.1, 0.15) is 26.7 Å².